The van der Waals surface area contributed by atoms with E-state index in [1.807, 2.05) is 0 Å². The maximum atomic E-state index is 13.5. The van der Waals surface area contributed by atoms with Crippen LogP contribution in [0.1, 0.15) is 71.9 Å². The minimum absolute atomic E-state index is 0.00996. The van der Waals surface area contributed by atoms with Crippen molar-refractivity contribution < 1.29 is 18.3 Å². The van der Waals surface area contributed by atoms with Crippen molar-refractivity contribution in [2.24, 2.45) is 0 Å². The summed E-state index contributed by atoms with van der Waals surface area (Å²) in [6.45, 7) is 22.8. The van der Waals surface area contributed by atoms with Crippen LogP contribution >= 0.6 is 0 Å². The summed E-state index contributed by atoms with van der Waals surface area (Å²) in [5.41, 5.74) is 1.71. The highest BCUT2D eigenvalue weighted by Gasteiger charge is 2.56. The van der Waals surface area contributed by atoms with Crippen LogP contribution in [0.3, 0.4) is 0 Å². The Balaban J connectivity index is 1.66. The van der Waals surface area contributed by atoms with Gasteiger partial charge < -0.3 is 18.3 Å². The summed E-state index contributed by atoms with van der Waals surface area (Å²) in [5.74, 6) is 0. The Labute approximate surface area is 206 Å². The molecule has 3 heterocycles. The maximum absolute atomic E-state index is 13.5. The summed E-state index contributed by atoms with van der Waals surface area (Å²) in [7, 11) is -4.12. The van der Waals surface area contributed by atoms with Gasteiger partial charge in [0, 0.05) is 5.56 Å². The Morgan fingerprint density at radius 1 is 1.00 bits per heavy atom. The molecule has 0 saturated carbocycles. The van der Waals surface area contributed by atoms with E-state index in [2.05, 4.69) is 67.7 Å². The quantitative estimate of drug-likeness (QED) is 0.510. The number of ether oxygens (including phenoxy) is 2. The molecule has 3 aliphatic rings. The molecular formula is C25H44N2O5Si2. The molecule has 2 aliphatic heterocycles. The number of fused-ring (bicyclic) bond motifs is 4. The van der Waals surface area contributed by atoms with Gasteiger partial charge in [0.2, 0.25) is 0 Å². The van der Waals surface area contributed by atoms with Crippen molar-refractivity contribution in [1.29, 1.82) is 0 Å². The highest BCUT2D eigenvalue weighted by molar-refractivity contribution is 6.74. The Morgan fingerprint density at radius 2 is 1.62 bits per heavy atom. The topological polar surface area (TPSA) is 71.8 Å². The molecule has 7 nitrogen and oxygen atoms in total. The first-order chi connectivity index (χ1) is 15.5. The van der Waals surface area contributed by atoms with Crippen LogP contribution in [0.5, 0.6) is 6.01 Å². The molecule has 0 spiro atoms. The van der Waals surface area contributed by atoms with Crippen LogP contribution < -0.4 is 10.3 Å². The van der Waals surface area contributed by atoms with Gasteiger partial charge in [0.25, 0.3) is 5.56 Å². The molecule has 1 aromatic rings. The Morgan fingerprint density at radius 3 is 2.24 bits per heavy atom. The van der Waals surface area contributed by atoms with Gasteiger partial charge in [-0.05, 0) is 61.9 Å². The Bertz CT molecular complexity index is 993. The molecule has 1 saturated heterocycles. The molecule has 1 aromatic heterocycles. The second-order valence-electron chi connectivity index (χ2n) is 13.3. The lowest BCUT2D eigenvalue weighted by Gasteiger charge is -2.41. The number of rotatable bonds is 5. The first-order valence-electron chi connectivity index (χ1n) is 12.8. The third-order valence-electron chi connectivity index (χ3n) is 8.79. The van der Waals surface area contributed by atoms with Gasteiger partial charge in [-0.25, -0.2) is 9.55 Å². The van der Waals surface area contributed by atoms with Gasteiger partial charge >= 0.3 is 6.01 Å². The van der Waals surface area contributed by atoms with Crippen LogP contribution in [-0.2, 0) is 26.4 Å². The molecule has 0 amide bonds. The first-order valence-corrected chi connectivity index (χ1v) is 18.6. The lowest BCUT2D eigenvalue weighted by atomic mass is 9.97. The normalized spacial score (nSPS) is 27.2. The summed E-state index contributed by atoms with van der Waals surface area (Å²) in [6, 6.07) is 0.383. The average molecular weight is 509 g/mol. The minimum atomic E-state index is -2.14. The molecule has 0 aromatic carbocycles. The summed E-state index contributed by atoms with van der Waals surface area (Å²) in [5, 5.41) is 0.135. The van der Waals surface area contributed by atoms with Crippen molar-refractivity contribution in [2.75, 3.05) is 6.61 Å². The van der Waals surface area contributed by atoms with Crippen LogP contribution in [0.4, 0.5) is 0 Å². The van der Waals surface area contributed by atoms with Gasteiger partial charge in [0.15, 0.2) is 29.0 Å². The number of aromatic nitrogens is 2. The van der Waals surface area contributed by atoms with Crippen molar-refractivity contribution in [3.63, 3.8) is 0 Å². The van der Waals surface area contributed by atoms with Crippen LogP contribution in [0.25, 0.3) is 0 Å². The van der Waals surface area contributed by atoms with Crippen molar-refractivity contribution in [1.82, 2.24) is 9.55 Å². The summed E-state index contributed by atoms with van der Waals surface area (Å²) in [4.78, 5) is 18.2. The molecule has 0 radical (unpaired) electrons. The summed E-state index contributed by atoms with van der Waals surface area (Å²) >= 11 is 0. The van der Waals surface area contributed by atoms with Gasteiger partial charge in [0.1, 0.15) is 12.2 Å². The number of nitrogens with zero attached hydrogens (tertiary/aromatic N) is 2. The second-order valence-corrected chi connectivity index (χ2v) is 22.8. The van der Waals surface area contributed by atoms with Crippen molar-refractivity contribution in [3.05, 3.63) is 21.6 Å². The smallest absolute Gasteiger partial charge is 0.302 e. The van der Waals surface area contributed by atoms with Gasteiger partial charge in [-0.2, -0.15) is 0 Å². The SMILES string of the molecule is CC(C)(C)[Si](C)(C)OC[C@H]1O[C@@H]2[C@@H](Oc3nc4c(c(=O)n32)CCCC4)[C@@H]1O[Si](C)(C)C(C)(C)C. The van der Waals surface area contributed by atoms with E-state index in [0.717, 1.165) is 36.9 Å². The maximum Gasteiger partial charge on any atom is 0.302 e. The molecule has 0 unspecified atom stereocenters. The predicted molar refractivity (Wildman–Crippen MR) is 139 cm³/mol. The monoisotopic (exact) mass is 508 g/mol. The first kappa shape index (κ1) is 26.1. The average Bonchev–Trinajstić information content (AvgIpc) is 3.21. The van der Waals surface area contributed by atoms with E-state index in [1.165, 1.54) is 0 Å². The lowest BCUT2D eigenvalue weighted by molar-refractivity contribution is -0.0395. The van der Waals surface area contributed by atoms with E-state index < -0.39 is 29.0 Å². The molecule has 4 atom stereocenters. The van der Waals surface area contributed by atoms with E-state index in [-0.39, 0.29) is 27.8 Å². The molecule has 4 rings (SSSR count). The number of hydrogen-bond donors (Lipinski definition) is 0. The van der Waals surface area contributed by atoms with E-state index in [9.17, 15) is 4.79 Å². The predicted octanol–water partition coefficient (Wildman–Crippen LogP) is 5.19. The molecule has 34 heavy (non-hydrogen) atoms. The lowest BCUT2D eigenvalue weighted by Crippen LogP contribution is -2.51. The van der Waals surface area contributed by atoms with E-state index >= 15 is 0 Å². The fourth-order valence-electron chi connectivity index (χ4n) is 4.42. The van der Waals surface area contributed by atoms with Crippen LogP contribution in [0, 0.1) is 0 Å². The molecular weight excluding hydrogens is 464 g/mol. The highest BCUT2D eigenvalue weighted by Crippen LogP contribution is 2.46. The Kier molecular flexibility index (Phi) is 6.55. The fourth-order valence-corrected chi connectivity index (χ4v) is 6.75. The third-order valence-corrected chi connectivity index (χ3v) is 17.8. The van der Waals surface area contributed by atoms with Crippen LogP contribution in [0.15, 0.2) is 4.79 Å². The number of aryl methyl sites for hydroxylation is 1. The second kappa shape index (κ2) is 8.54. The van der Waals surface area contributed by atoms with Crippen molar-refractivity contribution in [3.8, 4) is 6.01 Å². The highest BCUT2D eigenvalue weighted by atomic mass is 28.4. The summed E-state index contributed by atoms with van der Waals surface area (Å²) < 4.78 is 28.0. The van der Waals surface area contributed by atoms with Crippen molar-refractivity contribution in [2.45, 2.75) is 128 Å². The zero-order valence-corrected chi connectivity index (χ0v) is 24.8. The van der Waals surface area contributed by atoms with E-state index in [4.69, 9.17) is 23.3 Å². The molecule has 1 fully saturated rings. The van der Waals surface area contributed by atoms with Gasteiger partial charge in [-0.1, -0.05) is 41.5 Å². The van der Waals surface area contributed by atoms with E-state index in [0.29, 0.717) is 12.6 Å². The number of hydrogen-bond acceptors (Lipinski definition) is 6. The van der Waals surface area contributed by atoms with Gasteiger partial charge in [0.05, 0.1) is 12.3 Å². The molecule has 0 bridgehead atoms. The zero-order valence-electron chi connectivity index (χ0n) is 22.8. The van der Waals surface area contributed by atoms with Gasteiger partial charge in [-0.3, -0.25) is 4.79 Å². The van der Waals surface area contributed by atoms with Gasteiger partial charge in [-0.15, -0.1) is 0 Å². The van der Waals surface area contributed by atoms with Crippen molar-refractivity contribution >= 4 is 16.6 Å². The zero-order chi connectivity index (χ0) is 25.3. The van der Waals surface area contributed by atoms with Crippen LogP contribution in [0.2, 0.25) is 36.3 Å². The fraction of sp³-hybridized carbons (Fsp3) is 0.840. The molecule has 192 valence electrons. The largest absolute Gasteiger partial charge is 0.454 e. The Hall–Kier alpha value is -1.01. The standard InChI is InChI=1S/C25H44N2O5Si2/c1-24(2,3)33(7,8)29-15-18-19(32-34(9,10)25(4,5)6)20-22(30-18)27-21(28)16-13-11-12-14-17(16)26-23(27)31-20/h18-20,22H,11-15H2,1-10H3/t18-,19-,20+,22-/m1/s1. The minimum Gasteiger partial charge on any atom is -0.454 e. The molecule has 1 aliphatic carbocycles. The van der Waals surface area contributed by atoms with Crippen LogP contribution in [-0.4, -0.2) is 51.1 Å². The summed E-state index contributed by atoms with van der Waals surface area (Å²) in [6.07, 6.45) is 2.18. The molecule has 0 N–H and O–H groups in total. The van der Waals surface area contributed by atoms with E-state index in [1.54, 1.807) is 4.57 Å². The third kappa shape index (κ3) is 4.47. The molecule has 9 heteroatoms.